The number of nitrogen functional groups attached to an aromatic ring is 1. The molecule has 128 valence electrons. The molecule has 2 aromatic heterocycles. The van der Waals surface area contributed by atoms with Crippen LogP contribution in [0.25, 0.3) is 22.2 Å². The van der Waals surface area contributed by atoms with Crippen LogP contribution in [-0.2, 0) is 0 Å². The molecule has 5 nitrogen and oxygen atoms in total. The van der Waals surface area contributed by atoms with Crippen LogP contribution in [0.3, 0.4) is 0 Å². The number of hydrogen-bond acceptors (Lipinski definition) is 5. The summed E-state index contributed by atoms with van der Waals surface area (Å²) in [5.41, 5.74) is 15.6. The number of nitrogens with one attached hydrogen (secondary N) is 1. The Bertz CT molecular complexity index is 875. The van der Waals surface area contributed by atoms with Crippen molar-refractivity contribution in [2.75, 3.05) is 11.1 Å². The van der Waals surface area contributed by atoms with Gasteiger partial charge in [-0.15, -0.1) is 0 Å². The van der Waals surface area contributed by atoms with E-state index in [9.17, 15) is 0 Å². The van der Waals surface area contributed by atoms with Crippen molar-refractivity contribution >= 4 is 22.4 Å². The molecule has 0 amide bonds. The van der Waals surface area contributed by atoms with E-state index in [2.05, 4.69) is 16.4 Å². The number of pyridine rings is 2. The van der Waals surface area contributed by atoms with Gasteiger partial charge in [0.15, 0.2) is 0 Å². The Kier molecular flexibility index (Phi) is 4.24. The second-order valence-corrected chi connectivity index (χ2v) is 6.82. The number of nitrogens with two attached hydrogens (primary N) is 2. The molecule has 1 fully saturated rings. The fraction of sp³-hybridized carbons (Fsp3) is 0.300. The number of nitrogens with zero attached hydrogens (tertiary/aromatic N) is 2. The molecule has 0 aliphatic heterocycles. The van der Waals surface area contributed by atoms with E-state index in [1.165, 1.54) is 0 Å². The standard InChI is InChI=1S/C20H23N5/c21-14-8-6-13(7-9-14)18-12-19-17(5-2-10-23-19)20(25-18)24-16-4-1-3-15(22)11-16/h2,5-10,12,15-16H,1,3-4,11,21-22H2,(H,24,25). The highest BCUT2D eigenvalue weighted by molar-refractivity contribution is 5.92. The van der Waals surface area contributed by atoms with Crippen molar-refractivity contribution < 1.29 is 0 Å². The van der Waals surface area contributed by atoms with Gasteiger partial charge in [0.2, 0.25) is 0 Å². The SMILES string of the molecule is Nc1ccc(-c2cc3ncccc3c(NC3CCCC(N)C3)n2)cc1. The fourth-order valence-electron chi connectivity index (χ4n) is 3.54. The minimum atomic E-state index is 0.274. The third-order valence-corrected chi connectivity index (χ3v) is 4.86. The number of fused-ring (bicyclic) bond motifs is 1. The summed E-state index contributed by atoms with van der Waals surface area (Å²) in [4.78, 5) is 9.41. The predicted octanol–water partition coefficient (Wildman–Crippen LogP) is 3.56. The van der Waals surface area contributed by atoms with Gasteiger partial charge in [-0.3, -0.25) is 4.98 Å². The first-order chi connectivity index (χ1) is 12.2. The average Bonchev–Trinajstić information content (AvgIpc) is 2.62. The smallest absolute Gasteiger partial charge is 0.136 e. The summed E-state index contributed by atoms with van der Waals surface area (Å²) in [5.74, 6) is 0.886. The van der Waals surface area contributed by atoms with E-state index in [-0.39, 0.29) is 6.04 Å². The van der Waals surface area contributed by atoms with Crippen molar-refractivity contribution in [3.05, 3.63) is 48.7 Å². The lowest BCUT2D eigenvalue weighted by molar-refractivity contribution is 0.409. The largest absolute Gasteiger partial charge is 0.399 e. The Morgan fingerprint density at radius 1 is 1.08 bits per heavy atom. The second-order valence-electron chi connectivity index (χ2n) is 6.82. The molecule has 2 unspecified atom stereocenters. The van der Waals surface area contributed by atoms with Crippen molar-refractivity contribution in [3.8, 4) is 11.3 Å². The fourth-order valence-corrected chi connectivity index (χ4v) is 3.54. The summed E-state index contributed by atoms with van der Waals surface area (Å²) >= 11 is 0. The van der Waals surface area contributed by atoms with Gasteiger partial charge in [-0.05, 0) is 56.0 Å². The van der Waals surface area contributed by atoms with Gasteiger partial charge in [0.05, 0.1) is 11.2 Å². The first-order valence-electron chi connectivity index (χ1n) is 8.83. The Hall–Kier alpha value is -2.66. The molecule has 1 aliphatic carbocycles. The summed E-state index contributed by atoms with van der Waals surface area (Å²) in [6.45, 7) is 0. The van der Waals surface area contributed by atoms with Crippen molar-refractivity contribution in [1.82, 2.24) is 9.97 Å². The number of hydrogen-bond donors (Lipinski definition) is 3. The maximum atomic E-state index is 6.14. The summed E-state index contributed by atoms with van der Waals surface area (Å²) in [7, 11) is 0. The highest BCUT2D eigenvalue weighted by Crippen LogP contribution is 2.29. The molecule has 2 atom stereocenters. The van der Waals surface area contributed by atoms with Crippen molar-refractivity contribution in [2.24, 2.45) is 5.73 Å². The van der Waals surface area contributed by atoms with Crippen LogP contribution in [0.15, 0.2) is 48.7 Å². The van der Waals surface area contributed by atoms with E-state index in [0.717, 1.165) is 59.3 Å². The van der Waals surface area contributed by atoms with E-state index < -0.39 is 0 Å². The molecule has 2 heterocycles. The predicted molar refractivity (Wildman–Crippen MR) is 103 cm³/mol. The van der Waals surface area contributed by atoms with Crippen LogP contribution in [0.4, 0.5) is 11.5 Å². The van der Waals surface area contributed by atoms with Crippen LogP contribution < -0.4 is 16.8 Å². The van der Waals surface area contributed by atoms with E-state index >= 15 is 0 Å². The zero-order chi connectivity index (χ0) is 17.2. The maximum absolute atomic E-state index is 6.14. The van der Waals surface area contributed by atoms with Crippen molar-refractivity contribution in [3.63, 3.8) is 0 Å². The van der Waals surface area contributed by atoms with Gasteiger partial charge >= 0.3 is 0 Å². The van der Waals surface area contributed by atoms with Gasteiger partial charge in [0.25, 0.3) is 0 Å². The molecule has 5 N–H and O–H groups in total. The van der Waals surface area contributed by atoms with Gasteiger partial charge in [-0.2, -0.15) is 0 Å². The lowest BCUT2D eigenvalue weighted by Crippen LogP contribution is -2.35. The van der Waals surface area contributed by atoms with Crippen LogP contribution in [0, 0.1) is 0 Å². The zero-order valence-electron chi connectivity index (χ0n) is 14.2. The molecule has 0 radical (unpaired) electrons. The molecule has 25 heavy (non-hydrogen) atoms. The second kappa shape index (κ2) is 6.69. The topological polar surface area (TPSA) is 89.8 Å². The minimum Gasteiger partial charge on any atom is -0.399 e. The van der Waals surface area contributed by atoms with Crippen LogP contribution >= 0.6 is 0 Å². The van der Waals surface area contributed by atoms with E-state index in [1.54, 1.807) is 0 Å². The highest BCUT2D eigenvalue weighted by Gasteiger charge is 2.20. The number of rotatable bonds is 3. The molecular weight excluding hydrogens is 310 g/mol. The van der Waals surface area contributed by atoms with E-state index in [1.807, 2.05) is 42.6 Å². The van der Waals surface area contributed by atoms with Gasteiger partial charge in [0.1, 0.15) is 5.82 Å². The first kappa shape index (κ1) is 15.8. The normalized spacial score (nSPS) is 20.5. The average molecular weight is 333 g/mol. The van der Waals surface area contributed by atoms with Crippen molar-refractivity contribution in [2.45, 2.75) is 37.8 Å². The summed E-state index contributed by atoms with van der Waals surface area (Å²) in [6.07, 6.45) is 6.19. The van der Waals surface area contributed by atoms with Gasteiger partial charge in [-0.1, -0.05) is 12.1 Å². The van der Waals surface area contributed by atoms with Gasteiger partial charge < -0.3 is 16.8 Å². The summed E-state index contributed by atoms with van der Waals surface area (Å²) in [5, 5.41) is 4.66. The molecular formula is C20H23N5. The van der Waals surface area contributed by atoms with Crippen LogP contribution in [0.5, 0.6) is 0 Å². The Morgan fingerprint density at radius 2 is 1.92 bits per heavy atom. The van der Waals surface area contributed by atoms with Crippen LogP contribution in [0.2, 0.25) is 0 Å². The Morgan fingerprint density at radius 3 is 2.72 bits per heavy atom. The summed E-state index contributed by atoms with van der Waals surface area (Å²) in [6, 6.07) is 14.5. The van der Waals surface area contributed by atoms with E-state index in [0.29, 0.717) is 6.04 Å². The molecule has 1 aliphatic rings. The van der Waals surface area contributed by atoms with Gasteiger partial charge in [0, 0.05) is 34.9 Å². The molecule has 5 heteroatoms. The highest BCUT2D eigenvalue weighted by atomic mass is 15.0. The van der Waals surface area contributed by atoms with Crippen molar-refractivity contribution in [1.29, 1.82) is 0 Å². The molecule has 0 bridgehead atoms. The first-order valence-corrected chi connectivity index (χ1v) is 8.83. The number of benzene rings is 1. The molecule has 3 aromatic rings. The Balaban J connectivity index is 1.74. The number of aromatic nitrogens is 2. The van der Waals surface area contributed by atoms with E-state index in [4.69, 9.17) is 16.5 Å². The Labute approximate surface area is 147 Å². The third-order valence-electron chi connectivity index (χ3n) is 4.86. The third kappa shape index (κ3) is 3.42. The zero-order valence-corrected chi connectivity index (χ0v) is 14.2. The van der Waals surface area contributed by atoms with Crippen LogP contribution in [0.1, 0.15) is 25.7 Å². The van der Waals surface area contributed by atoms with Crippen LogP contribution in [-0.4, -0.2) is 22.1 Å². The lowest BCUT2D eigenvalue weighted by atomic mass is 9.91. The molecule has 1 saturated carbocycles. The molecule has 0 spiro atoms. The molecule has 4 rings (SSSR count). The monoisotopic (exact) mass is 333 g/mol. The maximum Gasteiger partial charge on any atom is 0.136 e. The minimum absolute atomic E-state index is 0.274. The number of anilines is 2. The summed E-state index contributed by atoms with van der Waals surface area (Å²) < 4.78 is 0. The molecule has 1 aromatic carbocycles. The quantitative estimate of drug-likeness (QED) is 0.638. The van der Waals surface area contributed by atoms with Gasteiger partial charge in [-0.25, -0.2) is 4.98 Å². The lowest BCUT2D eigenvalue weighted by Gasteiger charge is -2.28. The molecule has 0 saturated heterocycles.